The van der Waals surface area contributed by atoms with Gasteiger partial charge >= 0.3 is 6.18 Å². The lowest BCUT2D eigenvalue weighted by Gasteiger charge is -2.28. The van der Waals surface area contributed by atoms with Crippen LogP contribution in [0.15, 0.2) is 12.1 Å². The molecule has 0 aliphatic rings. The van der Waals surface area contributed by atoms with Crippen LogP contribution in [0.25, 0.3) is 0 Å². The number of Topliss-reactive ketones (excluding diaryl/α,β-unsaturated/α-hetero) is 1. The number of hydrogen-bond donors (Lipinski definition) is 0. The van der Waals surface area contributed by atoms with Gasteiger partial charge in [-0.3, -0.25) is 4.79 Å². The van der Waals surface area contributed by atoms with Crippen LogP contribution in [0.4, 0.5) is 13.2 Å². The largest absolute Gasteiger partial charge is 0.496 e. The molecule has 0 bridgehead atoms. The van der Waals surface area contributed by atoms with E-state index in [4.69, 9.17) is 4.74 Å². The monoisotopic (exact) mass is 288 g/mol. The lowest BCUT2D eigenvalue weighted by atomic mass is 9.78. The van der Waals surface area contributed by atoms with Crippen LogP contribution in [-0.2, 0) is 10.2 Å². The molecule has 1 rings (SSSR count). The Morgan fingerprint density at radius 1 is 1.20 bits per heavy atom. The Balaban J connectivity index is 3.25. The van der Waals surface area contributed by atoms with Crippen LogP contribution in [0.2, 0.25) is 0 Å². The number of benzene rings is 1. The number of carbonyl (C=O) groups excluding carboxylic acids is 1. The molecule has 0 N–H and O–H groups in total. The maximum absolute atomic E-state index is 12.5. The SMILES string of the molecule is COc1c(C)cc(C)cc1C(C)(C)CC(=O)C(F)(F)F. The Morgan fingerprint density at radius 2 is 1.75 bits per heavy atom. The Morgan fingerprint density at radius 3 is 2.20 bits per heavy atom. The van der Waals surface area contributed by atoms with Gasteiger partial charge in [-0.1, -0.05) is 31.5 Å². The summed E-state index contributed by atoms with van der Waals surface area (Å²) >= 11 is 0. The number of halogens is 3. The highest BCUT2D eigenvalue weighted by molar-refractivity contribution is 5.85. The van der Waals surface area contributed by atoms with Crippen molar-refractivity contribution >= 4 is 5.78 Å². The van der Waals surface area contributed by atoms with E-state index in [0.29, 0.717) is 11.3 Å². The standard InChI is InChI=1S/C15H19F3O2/c1-9-6-10(2)13(20-5)11(7-9)14(3,4)8-12(19)15(16,17)18/h6-7H,8H2,1-5H3. The molecular formula is C15H19F3O2. The lowest BCUT2D eigenvalue weighted by Crippen LogP contribution is -2.31. The molecule has 5 heteroatoms. The van der Waals surface area contributed by atoms with Gasteiger partial charge in [-0.15, -0.1) is 0 Å². The van der Waals surface area contributed by atoms with E-state index >= 15 is 0 Å². The molecule has 0 amide bonds. The first-order valence-electron chi connectivity index (χ1n) is 6.25. The normalized spacial score (nSPS) is 12.4. The second kappa shape index (κ2) is 5.46. The number of aryl methyl sites for hydroxylation is 2. The molecule has 0 radical (unpaired) electrons. The Labute approximate surface area is 116 Å². The van der Waals surface area contributed by atoms with E-state index in [1.54, 1.807) is 19.9 Å². The predicted octanol–water partition coefficient (Wildman–Crippen LogP) is 4.11. The summed E-state index contributed by atoms with van der Waals surface area (Å²) in [6.07, 6.45) is -5.40. The minimum absolute atomic E-state index is 0.538. The van der Waals surface area contributed by atoms with Crippen molar-refractivity contribution in [2.75, 3.05) is 7.11 Å². The molecule has 1 aromatic carbocycles. The first-order chi connectivity index (χ1) is 8.99. The van der Waals surface area contributed by atoms with Crippen molar-refractivity contribution in [3.63, 3.8) is 0 Å². The zero-order valence-electron chi connectivity index (χ0n) is 12.3. The van der Waals surface area contributed by atoms with Crippen LogP contribution in [-0.4, -0.2) is 19.1 Å². The van der Waals surface area contributed by atoms with Crippen molar-refractivity contribution in [3.05, 3.63) is 28.8 Å². The lowest BCUT2D eigenvalue weighted by molar-refractivity contribution is -0.172. The highest BCUT2D eigenvalue weighted by atomic mass is 19.4. The highest BCUT2D eigenvalue weighted by Gasteiger charge is 2.42. The van der Waals surface area contributed by atoms with Crippen molar-refractivity contribution in [3.8, 4) is 5.75 Å². The number of alkyl halides is 3. The quantitative estimate of drug-likeness (QED) is 0.833. The van der Waals surface area contributed by atoms with Gasteiger partial charge in [-0.05, 0) is 19.4 Å². The summed E-state index contributed by atoms with van der Waals surface area (Å²) in [6.45, 7) is 6.93. The van der Waals surface area contributed by atoms with Crippen molar-refractivity contribution in [1.82, 2.24) is 0 Å². The van der Waals surface area contributed by atoms with E-state index in [1.165, 1.54) is 7.11 Å². The van der Waals surface area contributed by atoms with Crippen molar-refractivity contribution in [2.45, 2.75) is 45.7 Å². The van der Waals surface area contributed by atoms with Gasteiger partial charge in [-0.25, -0.2) is 0 Å². The fraction of sp³-hybridized carbons (Fsp3) is 0.533. The Kier molecular flexibility index (Phi) is 4.52. The van der Waals surface area contributed by atoms with Crippen LogP contribution < -0.4 is 4.74 Å². The third-order valence-corrected chi connectivity index (χ3v) is 3.27. The third kappa shape index (κ3) is 3.52. The van der Waals surface area contributed by atoms with Gasteiger partial charge in [0.15, 0.2) is 0 Å². The van der Waals surface area contributed by atoms with E-state index in [1.807, 2.05) is 19.9 Å². The molecular weight excluding hydrogens is 269 g/mol. The van der Waals surface area contributed by atoms with Crippen LogP contribution in [0.1, 0.15) is 37.0 Å². The third-order valence-electron chi connectivity index (χ3n) is 3.27. The minimum Gasteiger partial charge on any atom is -0.496 e. The number of hydrogen-bond acceptors (Lipinski definition) is 2. The van der Waals surface area contributed by atoms with Gasteiger partial charge < -0.3 is 4.74 Å². The molecule has 0 fully saturated rings. The van der Waals surface area contributed by atoms with E-state index in [9.17, 15) is 18.0 Å². The number of rotatable bonds is 4. The Bertz CT molecular complexity index is 517. The molecule has 0 heterocycles. The molecule has 0 aliphatic heterocycles. The van der Waals surface area contributed by atoms with Crippen molar-refractivity contribution < 1.29 is 22.7 Å². The first-order valence-corrected chi connectivity index (χ1v) is 6.25. The van der Waals surface area contributed by atoms with Gasteiger partial charge in [-0.2, -0.15) is 13.2 Å². The van der Waals surface area contributed by atoms with Crippen molar-refractivity contribution in [2.24, 2.45) is 0 Å². The maximum Gasteiger partial charge on any atom is 0.450 e. The second-order valence-electron chi connectivity index (χ2n) is 5.64. The zero-order valence-corrected chi connectivity index (χ0v) is 12.3. The van der Waals surface area contributed by atoms with Gasteiger partial charge in [0.2, 0.25) is 5.78 Å². The number of ether oxygens (including phenoxy) is 1. The summed E-state index contributed by atoms with van der Waals surface area (Å²) < 4.78 is 42.7. The van der Waals surface area contributed by atoms with Crippen LogP contribution in [0.3, 0.4) is 0 Å². The molecule has 1 aromatic rings. The zero-order chi connectivity index (χ0) is 15.7. The Hall–Kier alpha value is -1.52. The first kappa shape index (κ1) is 16.5. The van der Waals surface area contributed by atoms with Gasteiger partial charge in [0.25, 0.3) is 0 Å². The molecule has 112 valence electrons. The second-order valence-corrected chi connectivity index (χ2v) is 5.64. The maximum atomic E-state index is 12.5. The minimum atomic E-state index is -4.80. The number of methoxy groups -OCH3 is 1. The van der Waals surface area contributed by atoms with E-state index in [2.05, 4.69) is 0 Å². The molecule has 0 saturated heterocycles. The topological polar surface area (TPSA) is 26.3 Å². The summed E-state index contributed by atoms with van der Waals surface area (Å²) in [7, 11) is 1.48. The molecule has 20 heavy (non-hydrogen) atoms. The van der Waals surface area contributed by atoms with Crippen LogP contribution in [0.5, 0.6) is 5.75 Å². The number of ketones is 1. The van der Waals surface area contributed by atoms with Crippen molar-refractivity contribution in [1.29, 1.82) is 0 Å². The molecule has 2 nitrogen and oxygen atoms in total. The van der Waals surface area contributed by atoms with E-state index in [-0.39, 0.29) is 0 Å². The average Bonchev–Trinajstić information content (AvgIpc) is 2.26. The summed E-state index contributed by atoms with van der Waals surface area (Å²) in [5, 5.41) is 0. The fourth-order valence-electron chi connectivity index (χ4n) is 2.32. The van der Waals surface area contributed by atoms with Gasteiger partial charge in [0.1, 0.15) is 5.75 Å². The van der Waals surface area contributed by atoms with Gasteiger partial charge in [0, 0.05) is 17.4 Å². The highest BCUT2D eigenvalue weighted by Crippen LogP contribution is 2.38. The predicted molar refractivity (Wildman–Crippen MR) is 71.2 cm³/mol. The molecule has 0 aliphatic carbocycles. The van der Waals surface area contributed by atoms with Crippen LogP contribution >= 0.6 is 0 Å². The van der Waals surface area contributed by atoms with E-state index in [0.717, 1.165) is 11.1 Å². The average molecular weight is 288 g/mol. The molecule has 0 spiro atoms. The fourth-order valence-corrected chi connectivity index (χ4v) is 2.32. The summed E-state index contributed by atoms with van der Waals surface area (Å²) in [6, 6.07) is 3.67. The molecule has 0 saturated carbocycles. The summed E-state index contributed by atoms with van der Waals surface area (Å²) in [4.78, 5) is 11.3. The molecule has 0 aromatic heterocycles. The smallest absolute Gasteiger partial charge is 0.450 e. The van der Waals surface area contributed by atoms with E-state index < -0.39 is 23.8 Å². The van der Waals surface area contributed by atoms with Gasteiger partial charge in [0.05, 0.1) is 7.11 Å². The van der Waals surface area contributed by atoms with Crippen LogP contribution in [0, 0.1) is 13.8 Å². The number of carbonyl (C=O) groups is 1. The summed E-state index contributed by atoms with van der Waals surface area (Å²) in [5.41, 5.74) is 1.44. The molecule has 0 atom stereocenters. The molecule has 0 unspecified atom stereocenters. The summed E-state index contributed by atoms with van der Waals surface area (Å²) in [5.74, 6) is -1.18.